The summed E-state index contributed by atoms with van der Waals surface area (Å²) in [6.07, 6.45) is 1.25. The monoisotopic (exact) mass is 363 g/mol. The Balaban J connectivity index is 2.26. The molecule has 2 aromatic carbocycles. The van der Waals surface area contributed by atoms with E-state index in [-0.39, 0.29) is 11.8 Å². The second kappa shape index (κ2) is 8.87. The molecular weight excluding hydrogens is 338 g/mol. The van der Waals surface area contributed by atoms with Crippen LogP contribution in [0.25, 0.3) is 0 Å². The Bertz CT molecular complexity index is 775. The van der Waals surface area contributed by atoms with E-state index in [0.717, 1.165) is 11.1 Å². The molecule has 0 saturated heterocycles. The van der Waals surface area contributed by atoms with Crippen LogP contribution >= 0.6 is 0 Å². The number of hydrogen-bond donors (Lipinski definition) is 1. The fraction of sp³-hybridized carbons (Fsp3) is 0.368. The molecule has 0 fully saturated rings. The fourth-order valence-electron chi connectivity index (χ4n) is 2.59. The van der Waals surface area contributed by atoms with Gasteiger partial charge in [-0.25, -0.2) is 8.42 Å². The van der Waals surface area contributed by atoms with Crippen molar-refractivity contribution < 1.29 is 17.9 Å². The quantitative estimate of drug-likeness (QED) is 0.742. The summed E-state index contributed by atoms with van der Waals surface area (Å²) in [6, 6.07) is 15.1. The van der Waals surface area contributed by atoms with Crippen molar-refractivity contribution in [3.63, 3.8) is 0 Å². The van der Waals surface area contributed by atoms with Gasteiger partial charge < -0.3 is 14.8 Å². The Morgan fingerprint density at radius 1 is 1.08 bits per heavy atom. The molecule has 0 radical (unpaired) electrons. The lowest BCUT2D eigenvalue weighted by atomic mass is 10.1. The third-order valence-corrected chi connectivity index (χ3v) is 4.69. The first-order valence-electron chi connectivity index (χ1n) is 8.18. The highest BCUT2D eigenvalue weighted by atomic mass is 32.2. The number of ether oxygens (including phenoxy) is 2. The molecule has 25 heavy (non-hydrogen) atoms. The lowest BCUT2D eigenvalue weighted by Gasteiger charge is -2.20. The Hall–Kier alpha value is -2.05. The van der Waals surface area contributed by atoms with Crippen molar-refractivity contribution in [2.75, 3.05) is 25.7 Å². The first kappa shape index (κ1) is 19.3. The van der Waals surface area contributed by atoms with Crippen molar-refractivity contribution in [1.82, 2.24) is 5.32 Å². The second-order valence-corrected chi connectivity index (χ2v) is 8.04. The molecule has 0 aromatic heterocycles. The van der Waals surface area contributed by atoms with Crippen LogP contribution in [0.4, 0.5) is 0 Å². The van der Waals surface area contributed by atoms with Gasteiger partial charge in [-0.3, -0.25) is 0 Å². The Morgan fingerprint density at radius 3 is 2.40 bits per heavy atom. The maximum absolute atomic E-state index is 11.9. The maximum atomic E-state index is 11.9. The van der Waals surface area contributed by atoms with Gasteiger partial charge in [-0.1, -0.05) is 36.4 Å². The zero-order chi connectivity index (χ0) is 18.3. The molecule has 0 aliphatic carbocycles. The number of benzene rings is 2. The predicted molar refractivity (Wildman–Crippen MR) is 99.9 cm³/mol. The molecule has 0 saturated carbocycles. The molecule has 5 nitrogen and oxygen atoms in total. The summed E-state index contributed by atoms with van der Waals surface area (Å²) in [4.78, 5) is 0. The summed E-state index contributed by atoms with van der Waals surface area (Å²) in [5.74, 6) is 1.26. The van der Waals surface area contributed by atoms with Crippen molar-refractivity contribution in [1.29, 1.82) is 0 Å². The highest BCUT2D eigenvalue weighted by Crippen LogP contribution is 2.31. The minimum atomic E-state index is -3.15. The van der Waals surface area contributed by atoms with Gasteiger partial charge in [-0.2, -0.15) is 0 Å². The fourth-order valence-corrected chi connectivity index (χ4v) is 3.51. The summed E-state index contributed by atoms with van der Waals surface area (Å²) in [5, 5.41) is 3.34. The number of methoxy groups -OCH3 is 1. The van der Waals surface area contributed by atoms with Crippen LogP contribution in [0.15, 0.2) is 48.5 Å². The van der Waals surface area contributed by atoms with Crippen molar-refractivity contribution in [3.8, 4) is 11.5 Å². The van der Waals surface area contributed by atoms with Crippen LogP contribution in [0.2, 0.25) is 0 Å². The van der Waals surface area contributed by atoms with Gasteiger partial charge >= 0.3 is 0 Å². The van der Waals surface area contributed by atoms with E-state index < -0.39 is 9.84 Å². The zero-order valence-corrected chi connectivity index (χ0v) is 15.7. The third kappa shape index (κ3) is 6.07. The molecule has 1 N–H and O–H groups in total. The Morgan fingerprint density at radius 2 is 1.80 bits per heavy atom. The van der Waals surface area contributed by atoms with E-state index in [1.165, 1.54) is 6.26 Å². The lowest BCUT2D eigenvalue weighted by Crippen LogP contribution is -2.27. The van der Waals surface area contributed by atoms with Crippen LogP contribution in [0.5, 0.6) is 11.5 Å². The molecule has 1 atom stereocenters. The molecule has 0 aliphatic heterocycles. The van der Waals surface area contributed by atoms with Gasteiger partial charge in [0.1, 0.15) is 9.84 Å². The smallest absolute Gasteiger partial charge is 0.161 e. The van der Waals surface area contributed by atoms with Crippen LogP contribution in [0, 0.1) is 0 Å². The second-order valence-electron chi connectivity index (χ2n) is 5.85. The zero-order valence-electron chi connectivity index (χ0n) is 14.9. The van der Waals surface area contributed by atoms with Crippen LogP contribution in [-0.4, -0.2) is 34.1 Å². The molecular formula is C19H25NO4S. The van der Waals surface area contributed by atoms with Gasteiger partial charge in [0.15, 0.2) is 11.5 Å². The average Bonchev–Trinajstić information content (AvgIpc) is 2.59. The standard InChI is InChI=1S/C19H25NO4S/c1-4-24-19-12-16(10-11-18(19)23-2)17(14-25(3,21)22)20-13-15-8-6-5-7-9-15/h5-12,17,20H,4,13-14H2,1-3H3. The Labute approximate surface area is 149 Å². The van der Waals surface area contributed by atoms with E-state index in [4.69, 9.17) is 9.47 Å². The summed E-state index contributed by atoms with van der Waals surface area (Å²) < 4.78 is 34.6. The lowest BCUT2D eigenvalue weighted by molar-refractivity contribution is 0.310. The number of hydrogen-bond acceptors (Lipinski definition) is 5. The molecule has 0 amide bonds. The topological polar surface area (TPSA) is 64.6 Å². The van der Waals surface area contributed by atoms with E-state index >= 15 is 0 Å². The normalized spacial score (nSPS) is 12.6. The van der Waals surface area contributed by atoms with E-state index in [0.29, 0.717) is 24.7 Å². The van der Waals surface area contributed by atoms with Crippen molar-refractivity contribution in [3.05, 3.63) is 59.7 Å². The molecule has 136 valence electrons. The van der Waals surface area contributed by atoms with Gasteiger partial charge in [0.25, 0.3) is 0 Å². The van der Waals surface area contributed by atoms with Crippen LogP contribution in [0.3, 0.4) is 0 Å². The molecule has 2 rings (SSSR count). The third-order valence-electron chi connectivity index (χ3n) is 3.75. The maximum Gasteiger partial charge on any atom is 0.161 e. The molecule has 0 heterocycles. The summed E-state index contributed by atoms with van der Waals surface area (Å²) in [7, 11) is -1.57. The molecule has 2 aromatic rings. The van der Waals surface area contributed by atoms with Crippen molar-refractivity contribution in [2.24, 2.45) is 0 Å². The van der Waals surface area contributed by atoms with Gasteiger partial charge in [-0.15, -0.1) is 0 Å². The molecule has 0 aliphatic rings. The first-order valence-corrected chi connectivity index (χ1v) is 10.2. The number of rotatable bonds is 9. The highest BCUT2D eigenvalue weighted by Gasteiger charge is 2.19. The van der Waals surface area contributed by atoms with Crippen LogP contribution in [-0.2, 0) is 16.4 Å². The average molecular weight is 363 g/mol. The largest absolute Gasteiger partial charge is 0.493 e. The van der Waals surface area contributed by atoms with E-state index in [1.807, 2.05) is 49.4 Å². The van der Waals surface area contributed by atoms with Gasteiger partial charge in [0.2, 0.25) is 0 Å². The van der Waals surface area contributed by atoms with Gasteiger partial charge in [0.05, 0.1) is 19.5 Å². The molecule has 1 unspecified atom stereocenters. The first-order chi connectivity index (χ1) is 11.9. The van der Waals surface area contributed by atoms with Gasteiger partial charge in [0, 0.05) is 18.8 Å². The summed E-state index contributed by atoms with van der Waals surface area (Å²) >= 11 is 0. The van der Waals surface area contributed by atoms with Crippen LogP contribution < -0.4 is 14.8 Å². The molecule has 0 bridgehead atoms. The predicted octanol–water partition coefficient (Wildman–Crippen LogP) is 2.97. The number of sulfone groups is 1. The minimum Gasteiger partial charge on any atom is -0.493 e. The van der Waals surface area contributed by atoms with E-state index in [2.05, 4.69) is 5.32 Å². The SMILES string of the molecule is CCOc1cc(C(CS(C)(=O)=O)NCc2ccccc2)ccc1OC. The van der Waals surface area contributed by atoms with E-state index in [9.17, 15) is 8.42 Å². The summed E-state index contributed by atoms with van der Waals surface area (Å²) in [6.45, 7) is 2.98. The van der Waals surface area contributed by atoms with Crippen molar-refractivity contribution >= 4 is 9.84 Å². The number of nitrogens with one attached hydrogen (secondary N) is 1. The van der Waals surface area contributed by atoms with Gasteiger partial charge in [-0.05, 0) is 30.2 Å². The minimum absolute atomic E-state index is 0.0116. The summed E-state index contributed by atoms with van der Waals surface area (Å²) in [5.41, 5.74) is 1.95. The molecule has 0 spiro atoms. The van der Waals surface area contributed by atoms with Crippen molar-refractivity contribution in [2.45, 2.75) is 19.5 Å². The van der Waals surface area contributed by atoms with E-state index in [1.54, 1.807) is 13.2 Å². The van der Waals surface area contributed by atoms with Crippen LogP contribution in [0.1, 0.15) is 24.1 Å². The Kier molecular flexibility index (Phi) is 6.84. The molecule has 6 heteroatoms. The highest BCUT2D eigenvalue weighted by molar-refractivity contribution is 7.90.